The Hall–Kier alpha value is -0.330. The normalized spacial score (nSPS) is 24.3. The molecule has 0 aromatic rings. The van der Waals surface area contributed by atoms with Crippen molar-refractivity contribution in [2.24, 2.45) is 11.7 Å². The first kappa shape index (κ1) is 17.7. The second-order valence-corrected chi connectivity index (χ2v) is 5.50. The van der Waals surface area contributed by atoms with E-state index < -0.39 is 12.8 Å². The highest BCUT2D eigenvalue weighted by molar-refractivity contribution is 4.83. The molecule has 0 saturated heterocycles. The van der Waals surface area contributed by atoms with Crippen molar-refractivity contribution in [2.75, 3.05) is 32.8 Å². The Morgan fingerprint density at radius 2 is 1.95 bits per heavy atom. The predicted octanol–water partition coefficient (Wildman–Crippen LogP) is 2.79. The Morgan fingerprint density at radius 1 is 1.25 bits per heavy atom. The van der Waals surface area contributed by atoms with E-state index in [0.717, 1.165) is 19.5 Å². The van der Waals surface area contributed by atoms with Gasteiger partial charge in [0.25, 0.3) is 0 Å². The molecule has 1 aliphatic carbocycles. The van der Waals surface area contributed by atoms with Crippen LogP contribution in [-0.2, 0) is 4.74 Å². The SMILES string of the molecule is CCN(CCCOCC(F)(F)F)C1CCCCC1CN. The maximum atomic E-state index is 11.9. The van der Waals surface area contributed by atoms with Gasteiger partial charge in [-0.15, -0.1) is 0 Å². The third-order valence-corrected chi connectivity index (χ3v) is 4.05. The average molecular weight is 296 g/mol. The predicted molar refractivity (Wildman–Crippen MR) is 73.5 cm³/mol. The molecular formula is C14H27F3N2O. The topological polar surface area (TPSA) is 38.5 Å². The third-order valence-electron chi connectivity index (χ3n) is 4.05. The van der Waals surface area contributed by atoms with Gasteiger partial charge in [-0.25, -0.2) is 0 Å². The molecule has 1 aliphatic rings. The summed E-state index contributed by atoms with van der Waals surface area (Å²) in [4.78, 5) is 2.35. The van der Waals surface area contributed by atoms with Crippen molar-refractivity contribution >= 4 is 0 Å². The molecule has 0 aromatic carbocycles. The van der Waals surface area contributed by atoms with Gasteiger partial charge < -0.3 is 15.4 Å². The Morgan fingerprint density at radius 3 is 2.55 bits per heavy atom. The maximum absolute atomic E-state index is 11.9. The van der Waals surface area contributed by atoms with E-state index in [4.69, 9.17) is 5.73 Å². The van der Waals surface area contributed by atoms with Gasteiger partial charge in [0.1, 0.15) is 6.61 Å². The molecule has 0 heterocycles. The fourth-order valence-electron chi connectivity index (χ4n) is 3.06. The molecule has 20 heavy (non-hydrogen) atoms. The molecule has 6 heteroatoms. The monoisotopic (exact) mass is 296 g/mol. The van der Waals surface area contributed by atoms with Gasteiger partial charge in [0.2, 0.25) is 0 Å². The van der Waals surface area contributed by atoms with Crippen molar-refractivity contribution in [3.05, 3.63) is 0 Å². The highest BCUT2D eigenvalue weighted by Crippen LogP contribution is 2.27. The quantitative estimate of drug-likeness (QED) is 0.700. The van der Waals surface area contributed by atoms with Crippen LogP contribution in [-0.4, -0.2) is 50.0 Å². The van der Waals surface area contributed by atoms with E-state index in [1.54, 1.807) is 0 Å². The van der Waals surface area contributed by atoms with Gasteiger partial charge in [0, 0.05) is 19.2 Å². The zero-order chi connectivity index (χ0) is 15.0. The van der Waals surface area contributed by atoms with Gasteiger partial charge in [-0.1, -0.05) is 19.8 Å². The minimum absolute atomic E-state index is 0.163. The minimum atomic E-state index is -4.22. The van der Waals surface area contributed by atoms with Crippen molar-refractivity contribution in [2.45, 2.75) is 51.2 Å². The Kier molecular flexibility index (Phi) is 7.84. The molecule has 2 N–H and O–H groups in total. The van der Waals surface area contributed by atoms with E-state index in [1.165, 1.54) is 19.3 Å². The molecule has 0 aromatic heterocycles. The van der Waals surface area contributed by atoms with Gasteiger partial charge >= 0.3 is 6.18 Å². The number of nitrogens with zero attached hydrogens (tertiary/aromatic N) is 1. The van der Waals surface area contributed by atoms with Gasteiger partial charge in [-0.2, -0.15) is 13.2 Å². The number of hydrogen-bond acceptors (Lipinski definition) is 3. The van der Waals surface area contributed by atoms with E-state index in [2.05, 4.69) is 16.6 Å². The van der Waals surface area contributed by atoms with Crippen LogP contribution >= 0.6 is 0 Å². The molecule has 0 radical (unpaired) electrons. The lowest BCUT2D eigenvalue weighted by atomic mass is 9.83. The average Bonchev–Trinajstić information content (AvgIpc) is 2.42. The van der Waals surface area contributed by atoms with E-state index in [0.29, 0.717) is 24.9 Å². The zero-order valence-corrected chi connectivity index (χ0v) is 12.3. The zero-order valence-electron chi connectivity index (χ0n) is 12.3. The number of rotatable bonds is 8. The van der Waals surface area contributed by atoms with Crippen molar-refractivity contribution < 1.29 is 17.9 Å². The van der Waals surface area contributed by atoms with Crippen LogP contribution in [0.3, 0.4) is 0 Å². The molecule has 1 saturated carbocycles. The van der Waals surface area contributed by atoms with E-state index in [9.17, 15) is 13.2 Å². The molecule has 120 valence electrons. The summed E-state index contributed by atoms with van der Waals surface area (Å²) in [6, 6.07) is 0.487. The van der Waals surface area contributed by atoms with Crippen LogP contribution in [0.2, 0.25) is 0 Å². The molecule has 0 bridgehead atoms. The van der Waals surface area contributed by atoms with E-state index in [1.807, 2.05) is 0 Å². The molecule has 3 nitrogen and oxygen atoms in total. The number of halogens is 3. The largest absolute Gasteiger partial charge is 0.411 e. The summed E-state index contributed by atoms with van der Waals surface area (Å²) >= 11 is 0. The van der Waals surface area contributed by atoms with Crippen LogP contribution in [0.1, 0.15) is 39.0 Å². The highest BCUT2D eigenvalue weighted by atomic mass is 19.4. The number of alkyl halides is 3. The summed E-state index contributed by atoms with van der Waals surface area (Å²) in [5.74, 6) is 0.528. The van der Waals surface area contributed by atoms with Crippen molar-refractivity contribution in [3.8, 4) is 0 Å². The Balaban J connectivity index is 2.28. The molecule has 2 atom stereocenters. The second kappa shape index (κ2) is 8.85. The summed E-state index contributed by atoms with van der Waals surface area (Å²) in [6.07, 6.45) is 1.20. The number of hydrogen-bond donors (Lipinski definition) is 1. The Bertz CT molecular complexity index is 261. The van der Waals surface area contributed by atoms with Crippen molar-refractivity contribution in [1.82, 2.24) is 4.90 Å². The van der Waals surface area contributed by atoms with Crippen LogP contribution in [0.15, 0.2) is 0 Å². The molecular weight excluding hydrogens is 269 g/mol. The minimum Gasteiger partial charge on any atom is -0.372 e. The molecule has 2 unspecified atom stereocenters. The first-order chi connectivity index (χ1) is 9.48. The Labute approximate surface area is 119 Å². The van der Waals surface area contributed by atoms with Gasteiger partial charge in [0.15, 0.2) is 0 Å². The second-order valence-electron chi connectivity index (χ2n) is 5.50. The van der Waals surface area contributed by atoms with E-state index in [-0.39, 0.29) is 6.61 Å². The third kappa shape index (κ3) is 6.41. The smallest absolute Gasteiger partial charge is 0.372 e. The van der Waals surface area contributed by atoms with Crippen LogP contribution in [0.5, 0.6) is 0 Å². The van der Waals surface area contributed by atoms with Crippen molar-refractivity contribution in [3.63, 3.8) is 0 Å². The number of ether oxygens (including phenoxy) is 1. The molecule has 1 fully saturated rings. The van der Waals surface area contributed by atoms with Crippen LogP contribution in [0.25, 0.3) is 0 Å². The summed E-state index contributed by atoms with van der Waals surface area (Å²) in [5.41, 5.74) is 5.83. The lowest BCUT2D eigenvalue weighted by Gasteiger charge is -2.39. The van der Waals surface area contributed by atoms with Gasteiger partial charge in [0.05, 0.1) is 0 Å². The fourth-order valence-corrected chi connectivity index (χ4v) is 3.06. The van der Waals surface area contributed by atoms with Crippen LogP contribution in [0.4, 0.5) is 13.2 Å². The molecule has 1 rings (SSSR count). The fraction of sp³-hybridized carbons (Fsp3) is 1.00. The maximum Gasteiger partial charge on any atom is 0.411 e. The van der Waals surface area contributed by atoms with Gasteiger partial charge in [-0.05, 0) is 38.3 Å². The molecule has 0 amide bonds. The van der Waals surface area contributed by atoms with Crippen LogP contribution < -0.4 is 5.73 Å². The number of nitrogens with two attached hydrogens (primary N) is 1. The van der Waals surface area contributed by atoms with Crippen LogP contribution in [0, 0.1) is 5.92 Å². The summed E-state index contributed by atoms with van der Waals surface area (Å²) < 4.78 is 40.5. The lowest BCUT2D eigenvalue weighted by Crippen LogP contribution is -2.45. The highest BCUT2D eigenvalue weighted by Gasteiger charge is 2.29. The first-order valence-electron chi connectivity index (χ1n) is 7.56. The van der Waals surface area contributed by atoms with E-state index >= 15 is 0 Å². The lowest BCUT2D eigenvalue weighted by molar-refractivity contribution is -0.174. The van der Waals surface area contributed by atoms with Gasteiger partial charge in [-0.3, -0.25) is 0 Å². The van der Waals surface area contributed by atoms with Crippen molar-refractivity contribution in [1.29, 1.82) is 0 Å². The summed E-state index contributed by atoms with van der Waals surface area (Å²) in [6.45, 7) is 3.52. The molecule has 0 spiro atoms. The summed E-state index contributed by atoms with van der Waals surface area (Å²) in [7, 11) is 0. The summed E-state index contributed by atoms with van der Waals surface area (Å²) in [5, 5.41) is 0. The standard InChI is InChI=1S/C14H27F3N2O/c1-2-19(8-5-9-20-11-14(15,16)17)13-7-4-3-6-12(13)10-18/h12-13H,2-11,18H2,1H3. The molecule has 0 aliphatic heterocycles. The first-order valence-corrected chi connectivity index (χ1v) is 7.56.